The second kappa shape index (κ2) is 11.2. The summed E-state index contributed by atoms with van der Waals surface area (Å²) in [6.45, 7) is -1.39. The molecule has 9 heteroatoms. The Morgan fingerprint density at radius 3 is 2.36 bits per heavy atom. The highest BCUT2D eigenvalue weighted by molar-refractivity contribution is 6.45. The van der Waals surface area contributed by atoms with Crippen LogP contribution in [0.15, 0.2) is 24.4 Å². The number of aromatic amines is 1. The molecule has 0 aliphatic heterocycles. The topological polar surface area (TPSA) is 140 Å². The molecule has 1 aromatic carbocycles. The van der Waals surface area contributed by atoms with Crippen molar-refractivity contribution >= 4 is 34.5 Å². The predicted molar refractivity (Wildman–Crippen MR) is 133 cm³/mol. The molecule has 1 aromatic heterocycles. The van der Waals surface area contributed by atoms with Crippen LogP contribution in [-0.2, 0) is 21.0 Å². The van der Waals surface area contributed by atoms with E-state index in [-0.39, 0.29) is 17.7 Å². The van der Waals surface area contributed by atoms with Crippen LogP contribution < -0.4 is 5.32 Å². The number of carbonyl (C=O) groups excluding carboxylic acids is 3. The van der Waals surface area contributed by atoms with Gasteiger partial charge in [-0.1, -0.05) is 50.7 Å². The third-order valence-electron chi connectivity index (χ3n) is 7.84. The molecule has 194 valence electrons. The van der Waals surface area contributed by atoms with E-state index >= 15 is 0 Å². The molecule has 0 bridgehead atoms. The predicted octanol–water partition coefficient (Wildman–Crippen LogP) is 3.16. The first kappa shape index (κ1) is 25.9. The number of aliphatic carboxylic acids is 1. The number of H-pyrrole nitrogens is 1. The van der Waals surface area contributed by atoms with Crippen LogP contribution in [0.2, 0.25) is 0 Å². The van der Waals surface area contributed by atoms with Crippen LogP contribution in [0.3, 0.4) is 0 Å². The van der Waals surface area contributed by atoms with Crippen molar-refractivity contribution in [3.8, 4) is 0 Å². The molecular weight excluding hydrogens is 462 g/mol. The summed E-state index contributed by atoms with van der Waals surface area (Å²) in [5, 5.41) is 22.4. The number of carboxylic acid groups (broad SMARTS) is 1. The standard InChI is InChI=1S/C27H35N3O6/c31-17-18-9-10-20-21(14-28-22(20)13-18)25(35)26(36)30(16-24(33)34)15-23(32)29-27(11-5-2-6-12-27)19-7-3-1-4-8-19/h9-10,13-14,19,28,31H,1-8,11-12,15-17H2,(H,29,32)(H,33,34). The number of nitrogens with zero attached hydrogens (tertiary/aromatic N) is 1. The van der Waals surface area contributed by atoms with Crippen LogP contribution in [0.25, 0.3) is 10.9 Å². The van der Waals surface area contributed by atoms with Crippen LogP contribution in [0.5, 0.6) is 0 Å². The molecule has 9 nitrogen and oxygen atoms in total. The fraction of sp³-hybridized carbons (Fsp3) is 0.556. The molecule has 0 spiro atoms. The van der Waals surface area contributed by atoms with E-state index in [0.717, 1.165) is 62.7 Å². The molecule has 2 aromatic rings. The molecule has 0 radical (unpaired) electrons. The Balaban J connectivity index is 1.51. The van der Waals surface area contributed by atoms with Gasteiger partial charge in [0.25, 0.3) is 11.7 Å². The number of carboxylic acids is 1. The summed E-state index contributed by atoms with van der Waals surface area (Å²) < 4.78 is 0. The quantitative estimate of drug-likeness (QED) is 0.310. The second-order valence-corrected chi connectivity index (χ2v) is 10.2. The summed E-state index contributed by atoms with van der Waals surface area (Å²) in [4.78, 5) is 54.7. The molecule has 4 N–H and O–H groups in total. The Labute approximate surface area is 210 Å². The Morgan fingerprint density at radius 2 is 1.69 bits per heavy atom. The zero-order chi connectivity index (χ0) is 25.7. The molecule has 0 saturated heterocycles. The summed E-state index contributed by atoms with van der Waals surface area (Å²) in [5.41, 5.74) is 1.00. The van der Waals surface area contributed by atoms with Crippen LogP contribution in [0, 0.1) is 5.92 Å². The van der Waals surface area contributed by atoms with Crippen molar-refractivity contribution in [2.24, 2.45) is 5.92 Å². The van der Waals surface area contributed by atoms with Crippen LogP contribution >= 0.6 is 0 Å². The number of fused-ring (bicyclic) bond motifs is 1. The van der Waals surface area contributed by atoms with Gasteiger partial charge in [0.05, 0.1) is 12.2 Å². The van der Waals surface area contributed by atoms with Gasteiger partial charge >= 0.3 is 5.97 Å². The number of rotatable bonds is 9. The number of carbonyl (C=O) groups is 4. The fourth-order valence-electron chi connectivity index (χ4n) is 6.04. The van der Waals surface area contributed by atoms with E-state index in [9.17, 15) is 29.4 Å². The number of ketones is 1. The molecule has 2 aliphatic rings. The van der Waals surface area contributed by atoms with Crippen LogP contribution in [-0.4, -0.2) is 62.3 Å². The maximum atomic E-state index is 13.2. The van der Waals surface area contributed by atoms with E-state index in [0.29, 0.717) is 22.4 Å². The highest BCUT2D eigenvalue weighted by atomic mass is 16.4. The first-order chi connectivity index (χ1) is 17.3. The van der Waals surface area contributed by atoms with E-state index in [1.165, 1.54) is 12.6 Å². The highest BCUT2D eigenvalue weighted by Crippen LogP contribution is 2.41. The molecule has 36 heavy (non-hydrogen) atoms. The lowest BCUT2D eigenvalue weighted by Crippen LogP contribution is -2.58. The highest BCUT2D eigenvalue weighted by Gasteiger charge is 2.41. The second-order valence-electron chi connectivity index (χ2n) is 10.2. The Morgan fingerprint density at radius 1 is 1.00 bits per heavy atom. The number of hydrogen-bond donors (Lipinski definition) is 4. The average molecular weight is 498 g/mol. The van der Waals surface area contributed by atoms with Gasteiger partial charge in [-0.3, -0.25) is 19.2 Å². The van der Waals surface area contributed by atoms with Crippen molar-refractivity contribution < 1.29 is 29.4 Å². The average Bonchev–Trinajstić information content (AvgIpc) is 3.31. The Bertz CT molecular complexity index is 1130. The minimum atomic E-state index is -1.30. The fourth-order valence-corrected chi connectivity index (χ4v) is 6.04. The number of aliphatic hydroxyl groups is 1. The van der Waals surface area contributed by atoms with Gasteiger partial charge < -0.3 is 25.4 Å². The molecule has 2 amide bonds. The minimum absolute atomic E-state index is 0.0984. The van der Waals surface area contributed by atoms with Gasteiger partial charge in [-0.25, -0.2) is 0 Å². The third-order valence-corrected chi connectivity index (χ3v) is 7.84. The third kappa shape index (κ3) is 5.61. The number of benzene rings is 1. The van der Waals surface area contributed by atoms with Crippen molar-refractivity contribution in [1.82, 2.24) is 15.2 Å². The summed E-state index contributed by atoms with van der Waals surface area (Å²) in [6, 6.07) is 4.95. The normalized spacial score (nSPS) is 18.0. The zero-order valence-corrected chi connectivity index (χ0v) is 20.6. The van der Waals surface area contributed by atoms with Crippen LogP contribution in [0.4, 0.5) is 0 Å². The van der Waals surface area contributed by atoms with E-state index in [1.54, 1.807) is 18.2 Å². The van der Waals surface area contributed by atoms with Gasteiger partial charge in [-0.05, 0) is 43.2 Å². The number of Topliss-reactive ketones (excluding diaryl/α,β-unsaturated/α-hetero) is 1. The number of aromatic nitrogens is 1. The van der Waals surface area contributed by atoms with Gasteiger partial charge in [0, 0.05) is 22.6 Å². The van der Waals surface area contributed by atoms with Crippen molar-refractivity contribution in [2.75, 3.05) is 13.1 Å². The molecule has 2 saturated carbocycles. The van der Waals surface area contributed by atoms with Crippen molar-refractivity contribution in [2.45, 2.75) is 76.4 Å². The molecule has 2 aliphatic carbocycles. The molecule has 0 atom stereocenters. The molecule has 2 fully saturated rings. The summed E-state index contributed by atoms with van der Waals surface area (Å²) >= 11 is 0. The molecule has 0 unspecified atom stereocenters. The summed E-state index contributed by atoms with van der Waals surface area (Å²) in [6.07, 6.45) is 12.0. The van der Waals surface area contributed by atoms with Gasteiger partial charge in [0.1, 0.15) is 13.1 Å². The largest absolute Gasteiger partial charge is 0.480 e. The Hall–Kier alpha value is -3.20. The van der Waals surface area contributed by atoms with E-state index < -0.39 is 36.7 Å². The lowest BCUT2D eigenvalue weighted by atomic mass is 9.67. The lowest BCUT2D eigenvalue weighted by Gasteiger charge is -2.46. The van der Waals surface area contributed by atoms with Gasteiger partial charge in [-0.2, -0.15) is 0 Å². The first-order valence-corrected chi connectivity index (χ1v) is 12.9. The Kier molecular flexibility index (Phi) is 8.08. The van der Waals surface area contributed by atoms with E-state index in [2.05, 4.69) is 10.3 Å². The van der Waals surface area contributed by atoms with Crippen molar-refractivity contribution in [3.05, 3.63) is 35.5 Å². The van der Waals surface area contributed by atoms with Gasteiger partial charge in [0.2, 0.25) is 5.91 Å². The van der Waals surface area contributed by atoms with E-state index in [1.807, 2.05) is 0 Å². The minimum Gasteiger partial charge on any atom is -0.480 e. The maximum absolute atomic E-state index is 13.2. The number of hydrogen-bond acceptors (Lipinski definition) is 5. The molecular formula is C27H35N3O6. The molecule has 1 heterocycles. The first-order valence-electron chi connectivity index (χ1n) is 12.9. The summed E-state index contributed by atoms with van der Waals surface area (Å²) in [5.74, 6) is -3.25. The van der Waals surface area contributed by atoms with Crippen molar-refractivity contribution in [3.63, 3.8) is 0 Å². The number of amides is 2. The van der Waals surface area contributed by atoms with Crippen LogP contribution in [0.1, 0.15) is 80.1 Å². The van der Waals surface area contributed by atoms with Crippen molar-refractivity contribution in [1.29, 1.82) is 0 Å². The summed E-state index contributed by atoms with van der Waals surface area (Å²) in [7, 11) is 0. The lowest BCUT2D eigenvalue weighted by molar-refractivity contribution is -0.144. The zero-order valence-electron chi connectivity index (χ0n) is 20.6. The molecule has 4 rings (SSSR count). The monoisotopic (exact) mass is 497 g/mol. The smallest absolute Gasteiger partial charge is 0.323 e. The maximum Gasteiger partial charge on any atom is 0.323 e. The van der Waals surface area contributed by atoms with Gasteiger partial charge in [-0.15, -0.1) is 0 Å². The SMILES string of the molecule is O=C(O)CN(CC(=O)NC1(C2CCCCC2)CCCCC1)C(=O)C(=O)c1c[nH]c2cc(CO)ccc12. The number of aliphatic hydroxyl groups excluding tert-OH is 1. The van der Waals surface area contributed by atoms with E-state index in [4.69, 9.17) is 0 Å². The number of nitrogens with one attached hydrogen (secondary N) is 2. The van der Waals surface area contributed by atoms with Gasteiger partial charge in [0.15, 0.2) is 0 Å².